The zero-order valence-electron chi connectivity index (χ0n) is 12.3. The number of hydrogen-bond donors (Lipinski definition) is 2. The summed E-state index contributed by atoms with van der Waals surface area (Å²) in [5.41, 5.74) is 1.59. The van der Waals surface area contributed by atoms with Gasteiger partial charge < -0.3 is 14.8 Å². The molecule has 1 heterocycles. The standard InChI is InChI=1S/C16H19NO4/c1-9(2)7-12(16(19)20)17-15(18)13-8-11-6-4-5-10(3)14(11)21-13/h4-6,8-9,12H,7H2,1-3H3,(H,17,18)(H,19,20)/t12-/m0/s1. The molecular formula is C16H19NO4. The molecule has 0 bridgehead atoms. The van der Waals surface area contributed by atoms with Gasteiger partial charge >= 0.3 is 5.97 Å². The normalized spacial score (nSPS) is 12.6. The molecule has 1 atom stereocenters. The molecule has 0 aliphatic carbocycles. The first kappa shape index (κ1) is 15.1. The van der Waals surface area contributed by atoms with Crippen molar-refractivity contribution >= 4 is 22.8 Å². The second-order valence-corrected chi connectivity index (χ2v) is 5.60. The molecular weight excluding hydrogens is 270 g/mol. The maximum absolute atomic E-state index is 12.2. The van der Waals surface area contributed by atoms with Crippen molar-refractivity contribution in [3.8, 4) is 0 Å². The lowest BCUT2D eigenvalue weighted by atomic mass is 10.0. The van der Waals surface area contributed by atoms with E-state index in [1.807, 2.05) is 39.0 Å². The molecule has 2 aromatic rings. The lowest BCUT2D eigenvalue weighted by Crippen LogP contribution is -2.41. The zero-order valence-corrected chi connectivity index (χ0v) is 12.3. The number of carboxylic acid groups (broad SMARTS) is 1. The molecule has 0 radical (unpaired) electrons. The molecule has 1 amide bonds. The van der Waals surface area contributed by atoms with E-state index in [-0.39, 0.29) is 11.7 Å². The third-order valence-electron chi connectivity index (χ3n) is 3.28. The number of amides is 1. The Morgan fingerprint density at radius 3 is 2.62 bits per heavy atom. The Kier molecular flexibility index (Phi) is 4.31. The highest BCUT2D eigenvalue weighted by molar-refractivity contribution is 5.98. The summed E-state index contributed by atoms with van der Waals surface area (Å²) in [6.07, 6.45) is 0.375. The molecule has 0 unspecified atom stereocenters. The first-order valence-electron chi connectivity index (χ1n) is 6.91. The fraction of sp³-hybridized carbons (Fsp3) is 0.375. The van der Waals surface area contributed by atoms with Crippen molar-refractivity contribution in [2.24, 2.45) is 5.92 Å². The van der Waals surface area contributed by atoms with Crippen LogP contribution in [0.1, 0.15) is 36.4 Å². The highest BCUT2D eigenvalue weighted by atomic mass is 16.4. The van der Waals surface area contributed by atoms with Gasteiger partial charge in [0.15, 0.2) is 5.76 Å². The van der Waals surface area contributed by atoms with E-state index < -0.39 is 17.9 Å². The minimum absolute atomic E-state index is 0.134. The summed E-state index contributed by atoms with van der Waals surface area (Å²) in [6.45, 7) is 5.71. The predicted octanol–water partition coefficient (Wildman–Crippen LogP) is 2.97. The van der Waals surface area contributed by atoms with Crippen LogP contribution in [0.25, 0.3) is 11.0 Å². The van der Waals surface area contributed by atoms with Gasteiger partial charge in [-0.05, 0) is 30.9 Å². The minimum Gasteiger partial charge on any atom is -0.480 e. The van der Waals surface area contributed by atoms with Crippen LogP contribution in [0, 0.1) is 12.8 Å². The van der Waals surface area contributed by atoms with E-state index >= 15 is 0 Å². The Morgan fingerprint density at radius 1 is 1.33 bits per heavy atom. The molecule has 1 aromatic heterocycles. The summed E-state index contributed by atoms with van der Waals surface area (Å²) in [4.78, 5) is 23.3. The summed E-state index contributed by atoms with van der Waals surface area (Å²) in [5, 5.41) is 12.5. The average molecular weight is 289 g/mol. The molecule has 21 heavy (non-hydrogen) atoms. The van der Waals surface area contributed by atoms with E-state index in [1.165, 1.54) is 0 Å². The maximum atomic E-state index is 12.2. The maximum Gasteiger partial charge on any atom is 0.326 e. The van der Waals surface area contributed by atoms with Crippen LogP contribution in [0.15, 0.2) is 28.7 Å². The smallest absolute Gasteiger partial charge is 0.326 e. The lowest BCUT2D eigenvalue weighted by molar-refractivity contribution is -0.139. The number of furan rings is 1. The number of para-hydroxylation sites is 1. The second kappa shape index (κ2) is 5.99. The Bertz CT molecular complexity index is 672. The van der Waals surface area contributed by atoms with Crippen LogP contribution in [0.5, 0.6) is 0 Å². The molecule has 0 fully saturated rings. The van der Waals surface area contributed by atoms with Crippen molar-refractivity contribution in [3.63, 3.8) is 0 Å². The number of nitrogens with one attached hydrogen (secondary N) is 1. The highest BCUT2D eigenvalue weighted by Crippen LogP contribution is 2.22. The van der Waals surface area contributed by atoms with Crippen LogP contribution in [-0.4, -0.2) is 23.0 Å². The van der Waals surface area contributed by atoms with Gasteiger partial charge in [0, 0.05) is 5.39 Å². The molecule has 5 heteroatoms. The summed E-state index contributed by atoms with van der Waals surface area (Å²) in [6, 6.07) is 6.35. The SMILES string of the molecule is Cc1cccc2cc(C(=O)N[C@@H](CC(C)C)C(=O)O)oc12. The van der Waals surface area contributed by atoms with Gasteiger partial charge in [-0.15, -0.1) is 0 Å². The predicted molar refractivity (Wildman–Crippen MR) is 79.3 cm³/mol. The summed E-state index contributed by atoms with van der Waals surface area (Å²) >= 11 is 0. The quantitative estimate of drug-likeness (QED) is 0.886. The van der Waals surface area contributed by atoms with Crippen LogP contribution < -0.4 is 5.32 Å². The summed E-state index contributed by atoms with van der Waals surface area (Å²) in [5.74, 6) is -1.23. The summed E-state index contributed by atoms with van der Waals surface area (Å²) < 4.78 is 5.54. The van der Waals surface area contributed by atoms with Gasteiger partial charge in [0.2, 0.25) is 0 Å². The molecule has 5 nitrogen and oxygen atoms in total. The third-order valence-corrected chi connectivity index (χ3v) is 3.28. The fourth-order valence-electron chi connectivity index (χ4n) is 2.24. The molecule has 112 valence electrons. The van der Waals surface area contributed by atoms with E-state index in [4.69, 9.17) is 9.52 Å². The number of rotatable bonds is 5. The Balaban J connectivity index is 2.21. The molecule has 0 spiro atoms. The number of carboxylic acids is 1. The van der Waals surface area contributed by atoms with Crippen LogP contribution in [0.3, 0.4) is 0 Å². The van der Waals surface area contributed by atoms with Crippen LogP contribution in [0.2, 0.25) is 0 Å². The van der Waals surface area contributed by atoms with E-state index in [1.54, 1.807) is 6.07 Å². The number of carbonyl (C=O) groups is 2. The van der Waals surface area contributed by atoms with Gasteiger partial charge in [-0.2, -0.15) is 0 Å². The number of fused-ring (bicyclic) bond motifs is 1. The Morgan fingerprint density at radius 2 is 2.05 bits per heavy atom. The number of carbonyl (C=O) groups excluding carboxylic acids is 1. The first-order chi connectivity index (χ1) is 9.88. The van der Waals surface area contributed by atoms with Gasteiger partial charge in [0.1, 0.15) is 11.6 Å². The van der Waals surface area contributed by atoms with Crippen molar-refractivity contribution < 1.29 is 19.1 Å². The number of aryl methyl sites for hydroxylation is 1. The minimum atomic E-state index is -1.04. The Hall–Kier alpha value is -2.30. The van der Waals surface area contributed by atoms with Crippen LogP contribution >= 0.6 is 0 Å². The van der Waals surface area contributed by atoms with E-state index in [9.17, 15) is 9.59 Å². The molecule has 0 aliphatic heterocycles. The molecule has 2 rings (SSSR count). The molecule has 2 N–H and O–H groups in total. The van der Waals surface area contributed by atoms with E-state index in [0.29, 0.717) is 12.0 Å². The van der Waals surface area contributed by atoms with Gasteiger partial charge in [-0.3, -0.25) is 4.79 Å². The largest absolute Gasteiger partial charge is 0.480 e. The molecule has 0 saturated carbocycles. The lowest BCUT2D eigenvalue weighted by Gasteiger charge is -2.15. The average Bonchev–Trinajstić information content (AvgIpc) is 2.82. The summed E-state index contributed by atoms with van der Waals surface area (Å²) in [7, 11) is 0. The number of aliphatic carboxylic acids is 1. The molecule has 0 aliphatic rings. The van der Waals surface area contributed by atoms with Gasteiger partial charge in [0.05, 0.1) is 0 Å². The van der Waals surface area contributed by atoms with Crippen LogP contribution in [-0.2, 0) is 4.79 Å². The van der Waals surface area contributed by atoms with Gasteiger partial charge in [0.25, 0.3) is 5.91 Å². The van der Waals surface area contributed by atoms with Crippen molar-refractivity contribution in [2.45, 2.75) is 33.2 Å². The topological polar surface area (TPSA) is 79.5 Å². The van der Waals surface area contributed by atoms with Gasteiger partial charge in [-0.1, -0.05) is 32.0 Å². The van der Waals surface area contributed by atoms with Crippen molar-refractivity contribution in [1.82, 2.24) is 5.32 Å². The number of hydrogen-bond acceptors (Lipinski definition) is 3. The van der Waals surface area contributed by atoms with Crippen LogP contribution in [0.4, 0.5) is 0 Å². The monoisotopic (exact) mass is 289 g/mol. The van der Waals surface area contributed by atoms with Crippen molar-refractivity contribution in [3.05, 3.63) is 35.6 Å². The fourth-order valence-corrected chi connectivity index (χ4v) is 2.24. The molecule has 0 saturated heterocycles. The van der Waals surface area contributed by atoms with Crippen molar-refractivity contribution in [2.75, 3.05) is 0 Å². The molecule has 1 aromatic carbocycles. The first-order valence-corrected chi connectivity index (χ1v) is 6.91. The third kappa shape index (κ3) is 3.42. The van der Waals surface area contributed by atoms with Gasteiger partial charge in [-0.25, -0.2) is 4.79 Å². The number of benzene rings is 1. The van der Waals surface area contributed by atoms with E-state index in [0.717, 1.165) is 10.9 Å². The Labute approximate surface area is 122 Å². The highest BCUT2D eigenvalue weighted by Gasteiger charge is 2.23. The zero-order chi connectivity index (χ0) is 15.6. The van der Waals surface area contributed by atoms with Crippen molar-refractivity contribution in [1.29, 1.82) is 0 Å². The second-order valence-electron chi connectivity index (χ2n) is 5.60. The van der Waals surface area contributed by atoms with E-state index in [2.05, 4.69) is 5.32 Å².